The van der Waals surface area contributed by atoms with E-state index in [9.17, 15) is 9.59 Å². The normalized spacial score (nSPS) is 14.5. The van der Waals surface area contributed by atoms with Gasteiger partial charge in [0.05, 0.1) is 29.1 Å². The van der Waals surface area contributed by atoms with Gasteiger partial charge in [0.2, 0.25) is 0 Å². The van der Waals surface area contributed by atoms with Crippen LogP contribution in [0.2, 0.25) is 5.02 Å². The zero-order chi connectivity index (χ0) is 17.6. The molecule has 0 saturated carbocycles. The van der Waals surface area contributed by atoms with E-state index in [2.05, 4.69) is 9.97 Å². The van der Waals surface area contributed by atoms with Gasteiger partial charge in [0.15, 0.2) is 0 Å². The smallest absolute Gasteiger partial charge is 0.407 e. The van der Waals surface area contributed by atoms with Crippen LogP contribution in [0.15, 0.2) is 41.2 Å². The summed E-state index contributed by atoms with van der Waals surface area (Å²) in [6.07, 6.45) is -1.16. The number of carbonyl (C=O) groups is 1. The number of aromatic amines is 2. The SMILES string of the molecule is O=C(O)N1CC(Oc2cccc(Cl)c2-c2ccc3[nH]c(=O)[nH]c3c2)C1. The Labute approximate surface area is 146 Å². The number of likely N-dealkylation sites (tertiary alicyclic amines) is 1. The molecule has 8 heteroatoms. The number of rotatable bonds is 3. The van der Waals surface area contributed by atoms with Crippen molar-refractivity contribution in [2.24, 2.45) is 0 Å². The molecule has 7 nitrogen and oxygen atoms in total. The molecule has 2 heterocycles. The summed E-state index contributed by atoms with van der Waals surface area (Å²) in [7, 11) is 0. The number of imidazole rings is 1. The van der Waals surface area contributed by atoms with Crippen molar-refractivity contribution < 1.29 is 14.6 Å². The van der Waals surface area contributed by atoms with Crippen LogP contribution < -0.4 is 10.4 Å². The summed E-state index contributed by atoms with van der Waals surface area (Å²) in [6.45, 7) is 0.650. The quantitative estimate of drug-likeness (QED) is 0.669. The first kappa shape index (κ1) is 15.6. The molecule has 1 aromatic heterocycles. The van der Waals surface area contributed by atoms with Crippen LogP contribution in [-0.2, 0) is 0 Å². The second-order valence-corrected chi connectivity index (χ2v) is 6.29. The monoisotopic (exact) mass is 359 g/mol. The van der Waals surface area contributed by atoms with Crippen molar-refractivity contribution in [2.45, 2.75) is 6.10 Å². The highest BCUT2D eigenvalue weighted by molar-refractivity contribution is 6.33. The van der Waals surface area contributed by atoms with Gasteiger partial charge in [0.1, 0.15) is 11.9 Å². The highest BCUT2D eigenvalue weighted by atomic mass is 35.5. The number of H-pyrrole nitrogens is 2. The number of ether oxygens (including phenoxy) is 1. The molecule has 1 aliphatic heterocycles. The first-order valence-corrected chi connectivity index (χ1v) is 8.04. The molecule has 25 heavy (non-hydrogen) atoms. The van der Waals surface area contributed by atoms with Gasteiger partial charge in [-0.2, -0.15) is 0 Å². The third kappa shape index (κ3) is 2.83. The van der Waals surface area contributed by atoms with Gasteiger partial charge in [-0.05, 0) is 29.8 Å². The van der Waals surface area contributed by atoms with Crippen LogP contribution >= 0.6 is 11.6 Å². The van der Waals surface area contributed by atoms with Crippen molar-refractivity contribution in [3.8, 4) is 16.9 Å². The van der Waals surface area contributed by atoms with E-state index >= 15 is 0 Å². The molecule has 3 aromatic rings. The van der Waals surface area contributed by atoms with Crippen LogP contribution in [0.5, 0.6) is 5.75 Å². The Kier molecular flexibility index (Phi) is 3.65. The first-order chi connectivity index (χ1) is 12.0. The average Bonchev–Trinajstić information content (AvgIpc) is 2.89. The van der Waals surface area contributed by atoms with Crippen molar-refractivity contribution >= 4 is 28.7 Å². The second kappa shape index (κ2) is 5.86. The predicted octanol–water partition coefficient (Wildman–Crippen LogP) is 2.92. The molecule has 1 amide bonds. The molecule has 0 bridgehead atoms. The van der Waals surface area contributed by atoms with Gasteiger partial charge in [-0.1, -0.05) is 23.7 Å². The lowest BCUT2D eigenvalue weighted by Crippen LogP contribution is -2.55. The Bertz CT molecular complexity index is 1020. The fourth-order valence-corrected chi connectivity index (χ4v) is 3.19. The lowest BCUT2D eigenvalue weighted by atomic mass is 10.0. The Morgan fingerprint density at radius 2 is 1.96 bits per heavy atom. The molecule has 0 radical (unpaired) electrons. The first-order valence-electron chi connectivity index (χ1n) is 7.67. The molecule has 3 N–H and O–H groups in total. The van der Waals surface area contributed by atoms with Crippen LogP contribution in [0, 0.1) is 0 Å². The summed E-state index contributed by atoms with van der Waals surface area (Å²) in [5.41, 5.74) is 2.62. The molecule has 4 rings (SSSR count). The number of nitrogens with zero attached hydrogens (tertiary/aromatic N) is 1. The number of nitrogens with one attached hydrogen (secondary N) is 2. The summed E-state index contributed by atoms with van der Waals surface area (Å²) < 4.78 is 5.95. The van der Waals surface area contributed by atoms with E-state index in [0.29, 0.717) is 40.5 Å². The molecule has 1 aliphatic rings. The predicted molar refractivity (Wildman–Crippen MR) is 93.4 cm³/mol. The highest BCUT2D eigenvalue weighted by Crippen LogP contribution is 2.38. The standard InChI is InChI=1S/C17H14ClN3O4/c18-11-2-1-3-14(25-10-7-21(8-10)17(23)24)15(11)9-4-5-12-13(6-9)20-16(22)19-12/h1-6,10H,7-8H2,(H,23,24)(H2,19,20,22). The van der Waals surface area contributed by atoms with Crippen molar-refractivity contribution in [3.05, 3.63) is 51.9 Å². The van der Waals surface area contributed by atoms with E-state index in [-0.39, 0.29) is 11.8 Å². The minimum Gasteiger partial charge on any atom is -0.486 e. The van der Waals surface area contributed by atoms with E-state index in [0.717, 1.165) is 5.56 Å². The number of fused-ring (bicyclic) bond motifs is 1. The van der Waals surface area contributed by atoms with E-state index in [4.69, 9.17) is 21.4 Å². The molecule has 0 aliphatic carbocycles. The third-order valence-corrected chi connectivity index (χ3v) is 4.51. The van der Waals surface area contributed by atoms with E-state index in [1.165, 1.54) is 4.90 Å². The van der Waals surface area contributed by atoms with Gasteiger partial charge in [-0.15, -0.1) is 0 Å². The third-order valence-electron chi connectivity index (χ3n) is 4.19. The molecule has 1 saturated heterocycles. The summed E-state index contributed by atoms with van der Waals surface area (Å²) in [5.74, 6) is 0.583. The Morgan fingerprint density at radius 3 is 2.72 bits per heavy atom. The summed E-state index contributed by atoms with van der Waals surface area (Å²) in [6, 6.07) is 10.8. The fraction of sp³-hybridized carbons (Fsp3) is 0.176. The van der Waals surface area contributed by atoms with Crippen molar-refractivity contribution in [3.63, 3.8) is 0 Å². The fourth-order valence-electron chi connectivity index (χ4n) is 2.92. The Balaban J connectivity index is 1.68. The maximum absolute atomic E-state index is 11.4. The van der Waals surface area contributed by atoms with Crippen molar-refractivity contribution in [1.29, 1.82) is 0 Å². The Morgan fingerprint density at radius 1 is 1.20 bits per heavy atom. The van der Waals surface area contributed by atoms with E-state index in [1.807, 2.05) is 12.1 Å². The average molecular weight is 360 g/mol. The largest absolute Gasteiger partial charge is 0.486 e. The topological polar surface area (TPSA) is 98.4 Å². The molecular formula is C17H14ClN3O4. The number of halogens is 1. The van der Waals surface area contributed by atoms with Crippen LogP contribution in [0.25, 0.3) is 22.2 Å². The second-order valence-electron chi connectivity index (χ2n) is 5.88. The van der Waals surface area contributed by atoms with Crippen molar-refractivity contribution in [1.82, 2.24) is 14.9 Å². The number of hydrogen-bond acceptors (Lipinski definition) is 3. The van der Waals surface area contributed by atoms with Crippen LogP contribution in [-0.4, -0.2) is 45.3 Å². The minimum atomic E-state index is -0.951. The highest BCUT2D eigenvalue weighted by Gasteiger charge is 2.32. The van der Waals surface area contributed by atoms with Crippen LogP contribution in [0.4, 0.5) is 4.79 Å². The van der Waals surface area contributed by atoms with Crippen molar-refractivity contribution in [2.75, 3.05) is 13.1 Å². The maximum atomic E-state index is 11.4. The van der Waals surface area contributed by atoms with Crippen LogP contribution in [0.3, 0.4) is 0 Å². The number of aromatic nitrogens is 2. The molecule has 0 spiro atoms. The summed E-state index contributed by atoms with van der Waals surface area (Å²) in [5, 5.41) is 9.43. The molecule has 0 atom stereocenters. The number of hydrogen-bond donors (Lipinski definition) is 3. The molecule has 2 aromatic carbocycles. The molecule has 128 valence electrons. The van der Waals surface area contributed by atoms with Gasteiger partial charge in [-0.3, -0.25) is 0 Å². The summed E-state index contributed by atoms with van der Waals surface area (Å²) in [4.78, 5) is 29.0. The molecular weight excluding hydrogens is 346 g/mol. The van der Waals surface area contributed by atoms with E-state index in [1.54, 1.807) is 24.3 Å². The van der Waals surface area contributed by atoms with Gasteiger partial charge in [0.25, 0.3) is 0 Å². The summed E-state index contributed by atoms with van der Waals surface area (Å²) >= 11 is 6.38. The van der Waals surface area contributed by atoms with Gasteiger partial charge >= 0.3 is 11.8 Å². The van der Waals surface area contributed by atoms with Gasteiger partial charge in [0, 0.05) is 5.56 Å². The van der Waals surface area contributed by atoms with Gasteiger partial charge in [-0.25, -0.2) is 9.59 Å². The molecule has 0 unspecified atom stereocenters. The maximum Gasteiger partial charge on any atom is 0.407 e. The zero-order valence-corrected chi connectivity index (χ0v) is 13.7. The number of carboxylic acid groups (broad SMARTS) is 1. The number of amides is 1. The Hall–Kier alpha value is -2.93. The molecule has 1 fully saturated rings. The lowest BCUT2D eigenvalue weighted by Gasteiger charge is -2.37. The van der Waals surface area contributed by atoms with E-state index < -0.39 is 6.09 Å². The van der Waals surface area contributed by atoms with Gasteiger partial charge < -0.3 is 24.7 Å². The van der Waals surface area contributed by atoms with Crippen LogP contribution in [0.1, 0.15) is 0 Å². The number of benzene rings is 2. The minimum absolute atomic E-state index is 0.205. The lowest BCUT2D eigenvalue weighted by molar-refractivity contribution is 0.0255. The zero-order valence-electron chi connectivity index (χ0n) is 13.0.